The van der Waals surface area contributed by atoms with E-state index in [1.54, 1.807) is 18.2 Å². The molecule has 1 aromatic heterocycles. The summed E-state index contributed by atoms with van der Waals surface area (Å²) < 4.78 is 0. The summed E-state index contributed by atoms with van der Waals surface area (Å²) in [7, 11) is 0. The van der Waals surface area contributed by atoms with Crippen molar-refractivity contribution in [2.24, 2.45) is 0 Å². The van der Waals surface area contributed by atoms with Crippen LogP contribution >= 0.6 is 23.2 Å². The van der Waals surface area contributed by atoms with Gasteiger partial charge in [0.25, 0.3) is 5.91 Å². The molecule has 3 rings (SSSR count). The highest BCUT2D eigenvalue weighted by atomic mass is 35.5. The summed E-state index contributed by atoms with van der Waals surface area (Å²) >= 11 is 12.2. The molecule has 7 heteroatoms. The van der Waals surface area contributed by atoms with Gasteiger partial charge in [-0.2, -0.15) is 0 Å². The zero-order chi connectivity index (χ0) is 18.5. The molecule has 0 bridgehead atoms. The molecule has 2 N–H and O–H groups in total. The van der Waals surface area contributed by atoms with Crippen LogP contribution in [-0.4, -0.2) is 15.9 Å². The normalized spacial score (nSPS) is 10.4. The second-order valence-electron chi connectivity index (χ2n) is 5.61. The number of benzene rings is 2. The third-order valence-electron chi connectivity index (χ3n) is 3.82. The number of hydrogen-bond donors (Lipinski definition) is 2. The van der Waals surface area contributed by atoms with Crippen LogP contribution in [0.1, 0.15) is 21.5 Å². The first-order valence-electron chi connectivity index (χ1n) is 7.90. The number of amides is 1. The summed E-state index contributed by atoms with van der Waals surface area (Å²) in [6.45, 7) is 2.34. The van der Waals surface area contributed by atoms with E-state index < -0.39 is 0 Å². The van der Waals surface area contributed by atoms with E-state index in [4.69, 9.17) is 23.2 Å². The lowest BCUT2D eigenvalue weighted by Crippen LogP contribution is -2.14. The van der Waals surface area contributed by atoms with Crippen LogP contribution < -0.4 is 10.6 Å². The maximum absolute atomic E-state index is 12.3. The Hall–Kier alpha value is -2.63. The monoisotopic (exact) mass is 386 g/mol. The van der Waals surface area contributed by atoms with Gasteiger partial charge in [-0.25, -0.2) is 9.97 Å². The maximum Gasteiger partial charge on any atom is 0.258 e. The number of aromatic nitrogens is 2. The van der Waals surface area contributed by atoms with Crippen molar-refractivity contribution in [2.45, 2.75) is 13.5 Å². The predicted octanol–water partition coefficient (Wildman–Crippen LogP) is 4.96. The molecule has 26 heavy (non-hydrogen) atoms. The first-order chi connectivity index (χ1) is 12.5. The van der Waals surface area contributed by atoms with Gasteiger partial charge in [0.15, 0.2) is 0 Å². The maximum atomic E-state index is 12.3. The molecule has 0 saturated carbocycles. The Morgan fingerprint density at radius 3 is 2.42 bits per heavy atom. The molecule has 0 atom stereocenters. The minimum atomic E-state index is -0.298. The fourth-order valence-electron chi connectivity index (χ4n) is 2.29. The number of carbonyl (C=O) groups excluding carboxylic acids is 1. The van der Waals surface area contributed by atoms with Crippen molar-refractivity contribution in [1.29, 1.82) is 0 Å². The molecular weight excluding hydrogens is 371 g/mol. The minimum Gasteiger partial charge on any atom is -0.350 e. The summed E-state index contributed by atoms with van der Waals surface area (Å²) in [5, 5.41) is 7.16. The van der Waals surface area contributed by atoms with Crippen molar-refractivity contribution in [1.82, 2.24) is 9.97 Å². The SMILES string of the molecule is Cc1c(Cl)cccc1NC(=O)c1cnc(NCc2ccccc2Cl)nc1. The average molecular weight is 387 g/mol. The Bertz CT molecular complexity index is 929. The first kappa shape index (κ1) is 18.2. The molecular formula is C19H16Cl2N4O. The molecule has 1 heterocycles. The van der Waals surface area contributed by atoms with E-state index >= 15 is 0 Å². The van der Waals surface area contributed by atoms with E-state index in [9.17, 15) is 4.79 Å². The molecule has 5 nitrogen and oxygen atoms in total. The van der Waals surface area contributed by atoms with Gasteiger partial charge in [-0.05, 0) is 36.2 Å². The summed E-state index contributed by atoms with van der Waals surface area (Å²) in [6, 6.07) is 12.9. The molecule has 0 saturated heterocycles. The Labute approximate surface area is 161 Å². The fourth-order valence-corrected chi connectivity index (χ4v) is 2.67. The fraction of sp³-hybridized carbons (Fsp3) is 0.105. The number of rotatable bonds is 5. The highest BCUT2D eigenvalue weighted by Crippen LogP contribution is 2.23. The van der Waals surface area contributed by atoms with Crippen LogP contribution in [0, 0.1) is 6.92 Å². The van der Waals surface area contributed by atoms with Crippen molar-refractivity contribution < 1.29 is 4.79 Å². The Kier molecular flexibility index (Phi) is 5.71. The van der Waals surface area contributed by atoms with E-state index in [1.807, 2.05) is 31.2 Å². The molecule has 0 aliphatic rings. The molecule has 3 aromatic rings. The summed E-state index contributed by atoms with van der Waals surface area (Å²) in [5.41, 5.74) is 2.76. The lowest BCUT2D eigenvalue weighted by Gasteiger charge is -2.10. The van der Waals surface area contributed by atoms with Gasteiger partial charge in [-0.15, -0.1) is 0 Å². The van der Waals surface area contributed by atoms with E-state index in [-0.39, 0.29) is 5.91 Å². The Balaban J connectivity index is 1.64. The zero-order valence-electron chi connectivity index (χ0n) is 14.0. The Morgan fingerprint density at radius 1 is 1.00 bits per heavy atom. The van der Waals surface area contributed by atoms with E-state index in [0.717, 1.165) is 11.1 Å². The molecule has 1 amide bonds. The third-order valence-corrected chi connectivity index (χ3v) is 4.60. The van der Waals surface area contributed by atoms with E-state index in [1.165, 1.54) is 12.4 Å². The molecule has 2 aromatic carbocycles. The van der Waals surface area contributed by atoms with Gasteiger partial charge >= 0.3 is 0 Å². The number of nitrogens with one attached hydrogen (secondary N) is 2. The number of nitrogens with zero attached hydrogens (tertiary/aromatic N) is 2. The van der Waals surface area contributed by atoms with Crippen molar-refractivity contribution >= 4 is 40.7 Å². The zero-order valence-corrected chi connectivity index (χ0v) is 15.5. The van der Waals surface area contributed by atoms with Crippen LogP contribution in [0.4, 0.5) is 11.6 Å². The molecule has 132 valence electrons. The number of anilines is 2. The van der Waals surface area contributed by atoms with Crippen LogP contribution in [0.15, 0.2) is 54.9 Å². The van der Waals surface area contributed by atoms with Gasteiger partial charge < -0.3 is 10.6 Å². The molecule has 0 spiro atoms. The molecule has 0 aliphatic heterocycles. The lowest BCUT2D eigenvalue weighted by molar-refractivity contribution is 0.102. The highest BCUT2D eigenvalue weighted by Gasteiger charge is 2.10. The van der Waals surface area contributed by atoms with Gasteiger partial charge in [0.2, 0.25) is 5.95 Å². The second-order valence-corrected chi connectivity index (χ2v) is 6.42. The first-order valence-corrected chi connectivity index (χ1v) is 8.66. The van der Waals surface area contributed by atoms with Crippen LogP contribution in [-0.2, 0) is 6.54 Å². The van der Waals surface area contributed by atoms with Gasteiger partial charge in [-0.3, -0.25) is 4.79 Å². The molecule has 0 aliphatic carbocycles. The number of hydrogen-bond acceptors (Lipinski definition) is 4. The molecule has 0 radical (unpaired) electrons. The quantitative estimate of drug-likeness (QED) is 0.650. The molecule has 0 unspecified atom stereocenters. The van der Waals surface area contributed by atoms with Crippen molar-refractivity contribution in [3.05, 3.63) is 81.6 Å². The predicted molar refractivity (Wildman–Crippen MR) is 105 cm³/mol. The summed E-state index contributed by atoms with van der Waals surface area (Å²) in [4.78, 5) is 20.7. The van der Waals surface area contributed by atoms with Crippen LogP contribution in [0.25, 0.3) is 0 Å². The van der Waals surface area contributed by atoms with E-state index in [2.05, 4.69) is 20.6 Å². The summed E-state index contributed by atoms with van der Waals surface area (Å²) in [5.74, 6) is 0.119. The largest absolute Gasteiger partial charge is 0.350 e. The van der Waals surface area contributed by atoms with Crippen molar-refractivity contribution in [2.75, 3.05) is 10.6 Å². The minimum absolute atomic E-state index is 0.298. The average Bonchev–Trinajstić information content (AvgIpc) is 2.65. The van der Waals surface area contributed by atoms with Crippen LogP contribution in [0.2, 0.25) is 10.0 Å². The van der Waals surface area contributed by atoms with Gasteiger partial charge in [-0.1, -0.05) is 47.5 Å². The number of carbonyl (C=O) groups is 1. The number of halogens is 2. The van der Waals surface area contributed by atoms with Crippen LogP contribution in [0.5, 0.6) is 0 Å². The third kappa shape index (κ3) is 4.31. The lowest BCUT2D eigenvalue weighted by atomic mass is 10.2. The van der Waals surface area contributed by atoms with Gasteiger partial charge in [0.05, 0.1) is 5.56 Å². The van der Waals surface area contributed by atoms with Crippen molar-refractivity contribution in [3.8, 4) is 0 Å². The van der Waals surface area contributed by atoms with E-state index in [0.29, 0.717) is 33.8 Å². The highest BCUT2D eigenvalue weighted by molar-refractivity contribution is 6.32. The van der Waals surface area contributed by atoms with Gasteiger partial charge in [0.1, 0.15) is 0 Å². The summed E-state index contributed by atoms with van der Waals surface area (Å²) in [6.07, 6.45) is 2.94. The Morgan fingerprint density at radius 2 is 1.69 bits per heavy atom. The topological polar surface area (TPSA) is 66.9 Å². The second kappa shape index (κ2) is 8.17. The standard InChI is InChI=1S/C19H16Cl2N4O/c1-12-15(20)7-4-8-17(12)25-18(26)14-10-23-19(24-11-14)22-9-13-5-2-3-6-16(13)21/h2-8,10-11H,9H2,1H3,(H,25,26)(H,22,23,24). The van der Waals surface area contributed by atoms with Gasteiger partial charge in [0, 0.05) is 34.7 Å². The van der Waals surface area contributed by atoms with Crippen molar-refractivity contribution in [3.63, 3.8) is 0 Å². The van der Waals surface area contributed by atoms with Crippen LogP contribution in [0.3, 0.4) is 0 Å². The molecule has 0 fully saturated rings. The smallest absolute Gasteiger partial charge is 0.258 e.